The summed E-state index contributed by atoms with van der Waals surface area (Å²) in [7, 11) is 0. The van der Waals surface area contributed by atoms with Gasteiger partial charge in [-0.25, -0.2) is 9.97 Å². The Morgan fingerprint density at radius 1 is 1.44 bits per heavy atom. The minimum Gasteiger partial charge on any atom is -0.459 e. The van der Waals surface area contributed by atoms with Crippen molar-refractivity contribution in [3.05, 3.63) is 40.6 Å². The number of hydrogen-bond acceptors (Lipinski definition) is 8. The zero-order chi connectivity index (χ0) is 17.8. The van der Waals surface area contributed by atoms with Crippen LogP contribution in [0.1, 0.15) is 36.7 Å². The molecule has 0 saturated carbocycles. The van der Waals surface area contributed by atoms with Crippen LogP contribution in [0, 0.1) is 10.1 Å². The lowest BCUT2D eigenvalue weighted by Crippen LogP contribution is -2.38. The van der Waals surface area contributed by atoms with E-state index in [2.05, 4.69) is 20.8 Å². The summed E-state index contributed by atoms with van der Waals surface area (Å²) < 4.78 is 4.97. The van der Waals surface area contributed by atoms with Crippen LogP contribution in [0.3, 0.4) is 0 Å². The Morgan fingerprint density at radius 2 is 2.28 bits per heavy atom. The molecule has 1 saturated heterocycles. The number of furan rings is 1. The van der Waals surface area contributed by atoms with Crippen molar-refractivity contribution in [1.82, 2.24) is 15.4 Å². The third-order valence-corrected chi connectivity index (χ3v) is 4.10. The number of aromatic nitrogens is 2. The maximum atomic E-state index is 11.9. The van der Waals surface area contributed by atoms with Crippen LogP contribution in [-0.2, 0) is 0 Å². The summed E-state index contributed by atoms with van der Waals surface area (Å²) in [5.41, 5.74) is 4.57. The predicted molar refractivity (Wildman–Crippen MR) is 89.1 cm³/mol. The van der Waals surface area contributed by atoms with Gasteiger partial charge >= 0.3 is 11.6 Å². The van der Waals surface area contributed by atoms with Crippen molar-refractivity contribution in [3.63, 3.8) is 0 Å². The first-order valence-electron chi connectivity index (χ1n) is 7.94. The van der Waals surface area contributed by atoms with Gasteiger partial charge in [-0.15, -0.1) is 0 Å². The molecule has 0 bridgehead atoms. The average Bonchev–Trinajstić information content (AvgIpc) is 3.14. The van der Waals surface area contributed by atoms with E-state index < -0.39 is 10.8 Å². The van der Waals surface area contributed by atoms with E-state index in [0.717, 1.165) is 19.3 Å². The van der Waals surface area contributed by atoms with Crippen LogP contribution in [-0.4, -0.2) is 33.4 Å². The van der Waals surface area contributed by atoms with Crippen molar-refractivity contribution in [1.29, 1.82) is 0 Å². The number of hydrazine groups is 1. The van der Waals surface area contributed by atoms with Crippen molar-refractivity contribution in [2.75, 3.05) is 16.9 Å². The Bertz CT molecular complexity index is 763. The highest BCUT2D eigenvalue weighted by molar-refractivity contribution is 5.92. The molecule has 1 aliphatic heterocycles. The van der Waals surface area contributed by atoms with Crippen molar-refractivity contribution in [3.8, 4) is 0 Å². The highest BCUT2D eigenvalue weighted by Crippen LogP contribution is 2.34. The fourth-order valence-electron chi connectivity index (χ4n) is 2.84. The number of nitrogens with zero attached hydrogens (tertiary/aromatic N) is 4. The normalized spacial score (nSPS) is 17.2. The molecule has 10 nitrogen and oxygen atoms in total. The largest absolute Gasteiger partial charge is 0.459 e. The highest BCUT2D eigenvalue weighted by atomic mass is 16.6. The van der Waals surface area contributed by atoms with Crippen molar-refractivity contribution < 1.29 is 14.1 Å². The number of carbonyl (C=O) groups excluding carboxylic acids is 1. The molecule has 2 aromatic heterocycles. The minimum atomic E-state index is -0.564. The molecule has 2 aromatic rings. The second-order valence-electron chi connectivity index (χ2n) is 5.75. The summed E-state index contributed by atoms with van der Waals surface area (Å²) >= 11 is 0. The van der Waals surface area contributed by atoms with Crippen molar-refractivity contribution >= 4 is 23.2 Å². The van der Waals surface area contributed by atoms with E-state index in [1.165, 1.54) is 18.7 Å². The Hall–Kier alpha value is -3.17. The van der Waals surface area contributed by atoms with E-state index in [1.54, 1.807) is 6.07 Å². The van der Waals surface area contributed by atoms with Gasteiger partial charge in [0.2, 0.25) is 11.6 Å². The molecule has 1 aliphatic rings. The lowest BCUT2D eigenvalue weighted by molar-refractivity contribution is -0.383. The summed E-state index contributed by atoms with van der Waals surface area (Å²) in [6, 6.07) is 3.19. The summed E-state index contributed by atoms with van der Waals surface area (Å²) in [6.07, 6.45) is 5.58. The average molecular weight is 346 g/mol. The van der Waals surface area contributed by atoms with E-state index in [0.29, 0.717) is 6.54 Å². The van der Waals surface area contributed by atoms with Gasteiger partial charge in [-0.1, -0.05) is 0 Å². The maximum absolute atomic E-state index is 11.9. The predicted octanol–water partition coefficient (Wildman–Crippen LogP) is 2.11. The molecule has 2 N–H and O–H groups in total. The Labute approximate surface area is 143 Å². The summed E-state index contributed by atoms with van der Waals surface area (Å²) in [6.45, 7) is 2.70. The Kier molecular flexibility index (Phi) is 4.78. The number of hydrogen-bond donors (Lipinski definition) is 2. The molecule has 10 heteroatoms. The van der Waals surface area contributed by atoms with Gasteiger partial charge in [-0.2, -0.15) is 0 Å². The molecule has 0 spiro atoms. The van der Waals surface area contributed by atoms with Crippen LogP contribution in [0.25, 0.3) is 0 Å². The second-order valence-corrected chi connectivity index (χ2v) is 5.75. The first-order chi connectivity index (χ1) is 12.1. The molecule has 0 aliphatic carbocycles. The smallest absolute Gasteiger partial charge is 0.355 e. The lowest BCUT2D eigenvalue weighted by Gasteiger charge is -2.33. The summed E-state index contributed by atoms with van der Waals surface area (Å²) in [5, 5.41) is 11.6. The van der Waals surface area contributed by atoms with Crippen LogP contribution >= 0.6 is 0 Å². The van der Waals surface area contributed by atoms with Gasteiger partial charge in [0, 0.05) is 12.6 Å². The highest BCUT2D eigenvalue weighted by Gasteiger charge is 2.31. The zero-order valence-corrected chi connectivity index (χ0v) is 13.6. The SMILES string of the molecule is CC1CCCCN1c1ncnc(NNC(=O)c2ccco2)c1[N+](=O)[O-]. The molecule has 132 valence electrons. The van der Waals surface area contributed by atoms with Gasteiger partial charge in [0.25, 0.3) is 0 Å². The molecule has 3 rings (SSSR count). The quantitative estimate of drug-likeness (QED) is 0.622. The maximum Gasteiger partial charge on any atom is 0.355 e. The lowest BCUT2D eigenvalue weighted by atomic mass is 10.0. The number of carbonyl (C=O) groups is 1. The van der Waals surface area contributed by atoms with E-state index in [1.807, 2.05) is 11.8 Å². The third kappa shape index (κ3) is 3.52. The van der Waals surface area contributed by atoms with Gasteiger partial charge < -0.3 is 9.32 Å². The van der Waals surface area contributed by atoms with Gasteiger partial charge in [-0.3, -0.25) is 25.8 Å². The Balaban J connectivity index is 1.85. The molecule has 1 atom stereocenters. The first-order valence-corrected chi connectivity index (χ1v) is 7.94. The van der Waals surface area contributed by atoms with Gasteiger partial charge in [0.15, 0.2) is 5.76 Å². The Morgan fingerprint density at radius 3 is 2.96 bits per heavy atom. The minimum absolute atomic E-state index is 0.0762. The third-order valence-electron chi connectivity index (χ3n) is 4.10. The van der Waals surface area contributed by atoms with Crippen molar-refractivity contribution in [2.24, 2.45) is 0 Å². The van der Waals surface area contributed by atoms with Crippen LogP contribution in [0.15, 0.2) is 29.1 Å². The topological polar surface area (TPSA) is 126 Å². The summed E-state index contributed by atoms with van der Waals surface area (Å²) in [4.78, 5) is 32.9. The number of nitrogens with one attached hydrogen (secondary N) is 2. The van der Waals surface area contributed by atoms with E-state index in [9.17, 15) is 14.9 Å². The molecule has 1 unspecified atom stereocenters. The number of piperidine rings is 1. The first kappa shape index (κ1) is 16.7. The zero-order valence-electron chi connectivity index (χ0n) is 13.6. The molecule has 0 radical (unpaired) electrons. The molecular formula is C15H18N6O4. The molecule has 3 heterocycles. The molecule has 25 heavy (non-hydrogen) atoms. The van der Waals surface area contributed by atoms with E-state index in [-0.39, 0.29) is 29.1 Å². The molecular weight excluding hydrogens is 328 g/mol. The fourth-order valence-corrected chi connectivity index (χ4v) is 2.84. The molecule has 1 fully saturated rings. The molecule has 1 amide bonds. The number of nitro groups is 1. The van der Waals surface area contributed by atoms with Gasteiger partial charge in [-0.05, 0) is 38.3 Å². The number of anilines is 2. The van der Waals surface area contributed by atoms with Crippen LogP contribution in [0.5, 0.6) is 0 Å². The van der Waals surface area contributed by atoms with E-state index >= 15 is 0 Å². The van der Waals surface area contributed by atoms with Gasteiger partial charge in [0.1, 0.15) is 6.33 Å². The summed E-state index contributed by atoms with van der Waals surface area (Å²) in [5.74, 6) is -0.311. The van der Waals surface area contributed by atoms with Crippen molar-refractivity contribution in [2.45, 2.75) is 32.2 Å². The second kappa shape index (κ2) is 7.16. The van der Waals surface area contributed by atoms with E-state index in [4.69, 9.17) is 4.42 Å². The fraction of sp³-hybridized carbons (Fsp3) is 0.400. The van der Waals surface area contributed by atoms with Crippen LogP contribution < -0.4 is 15.8 Å². The number of amides is 1. The number of rotatable bonds is 5. The standard InChI is InChI=1S/C15H18N6O4/c1-10-5-2-3-7-20(10)14-12(21(23)24)13(16-9-17-14)18-19-15(22)11-6-4-8-25-11/h4,6,8-10H,2-3,5,7H2,1H3,(H,19,22)(H,16,17,18). The van der Waals surface area contributed by atoms with Crippen LogP contribution in [0.4, 0.5) is 17.3 Å². The molecule has 0 aromatic carbocycles. The van der Waals surface area contributed by atoms with Gasteiger partial charge in [0.05, 0.1) is 11.2 Å². The monoisotopic (exact) mass is 346 g/mol. The van der Waals surface area contributed by atoms with Crippen LogP contribution in [0.2, 0.25) is 0 Å².